The first-order valence-corrected chi connectivity index (χ1v) is 8.60. The standard InChI is InChI=1S/C15H15ClFNO3S/c1-2-21-15-8-7-13(9-14(15)16)18-22(19,20)10-11-3-5-12(17)6-4-11/h3-9,18H,2,10H2,1H3. The predicted molar refractivity (Wildman–Crippen MR) is 85.3 cm³/mol. The van der Waals surface area contributed by atoms with Gasteiger partial charge in [0.05, 0.1) is 23.1 Å². The molecule has 2 rings (SSSR count). The second-order valence-electron chi connectivity index (χ2n) is 4.57. The number of nitrogens with one attached hydrogen (secondary N) is 1. The Hall–Kier alpha value is -1.79. The summed E-state index contributed by atoms with van der Waals surface area (Å²) in [6.07, 6.45) is 0. The largest absolute Gasteiger partial charge is 0.492 e. The van der Waals surface area contributed by atoms with E-state index >= 15 is 0 Å². The molecule has 0 atom stereocenters. The molecule has 2 aromatic rings. The average Bonchev–Trinajstić information content (AvgIpc) is 2.44. The molecule has 2 aromatic carbocycles. The minimum Gasteiger partial charge on any atom is -0.492 e. The summed E-state index contributed by atoms with van der Waals surface area (Å²) in [6.45, 7) is 2.30. The average molecular weight is 344 g/mol. The lowest BCUT2D eigenvalue weighted by atomic mass is 10.2. The minimum atomic E-state index is -3.61. The van der Waals surface area contributed by atoms with Crippen molar-refractivity contribution < 1.29 is 17.5 Å². The van der Waals surface area contributed by atoms with Crippen molar-refractivity contribution in [1.29, 1.82) is 0 Å². The SMILES string of the molecule is CCOc1ccc(NS(=O)(=O)Cc2ccc(F)cc2)cc1Cl. The molecule has 0 radical (unpaired) electrons. The summed E-state index contributed by atoms with van der Waals surface area (Å²) in [7, 11) is -3.61. The van der Waals surface area contributed by atoms with Crippen molar-refractivity contribution in [2.75, 3.05) is 11.3 Å². The highest BCUT2D eigenvalue weighted by molar-refractivity contribution is 7.91. The van der Waals surface area contributed by atoms with Crippen LogP contribution in [0.5, 0.6) is 5.75 Å². The molecule has 0 spiro atoms. The normalized spacial score (nSPS) is 11.2. The quantitative estimate of drug-likeness (QED) is 0.867. The Morgan fingerprint density at radius 2 is 1.86 bits per heavy atom. The Labute approximate surface area is 133 Å². The summed E-state index contributed by atoms with van der Waals surface area (Å²) < 4.78 is 44.7. The van der Waals surface area contributed by atoms with E-state index in [2.05, 4.69) is 4.72 Å². The monoisotopic (exact) mass is 343 g/mol. The molecule has 0 aliphatic rings. The van der Waals surface area contributed by atoms with Gasteiger partial charge >= 0.3 is 0 Å². The molecule has 1 N–H and O–H groups in total. The zero-order chi connectivity index (χ0) is 16.2. The minimum absolute atomic E-state index is 0.252. The third kappa shape index (κ3) is 4.61. The van der Waals surface area contributed by atoms with Crippen LogP contribution in [-0.2, 0) is 15.8 Å². The van der Waals surface area contributed by atoms with Crippen molar-refractivity contribution in [1.82, 2.24) is 0 Å². The summed E-state index contributed by atoms with van der Waals surface area (Å²) in [5, 5.41) is 0.323. The van der Waals surface area contributed by atoms with Crippen LogP contribution in [0.25, 0.3) is 0 Å². The van der Waals surface area contributed by atoms with Crippen LogP contribution in [-0.4, -0.2) is 15.0 Å². The van der Waals surface area contributed by atoms with Crippen molar-refractivity contribution in [3.05, 3.63) is 58.9 Å². The lowest BCUT2D eigenvalue weighted by Gasteiger charge is -2.10. The molecule has 0 aliphatic carbocycles. The zero-order valence-electron chi connectivity index (χ0n) is 11.8. The number of rotatable bonds is 6. The first-order chi connectivity index (χ1) is 10.4. The van der Waals surface area contributed by atoms with Crippen LogP contribution in [0.4, 0.5) is 10.1 Å². The van der Waals surface area contributed by atoms with Crippen LogP contribution < -0.4 is 9.46 Å². The molecule has 0 aromatic heterocycles. The van der Waals surface area contributed by atoms with Gasteiger partial charge in [-0.25, -0.2) is 12.8 Å². The molecule has 0 heterocycles. The summed E-state index contributed by atoms with van der Waals surface area (Å²) in [5.74, 6) is -0.170. The van der Waals surface area contributed by atoms with Crippen LogP contribution in [0.2, 0.25) is 5.02 Å². The van der Waals surface area contributed by atoms with Crippen molar-refractivity contribution >= 4 is 27.3 Å². The van der Waals surface area contributed by atoms with Crippen LogP contribution >= 0.6 is 11.6 Å². The Kier molecular flexibility index (Phi) is 5.26. The van der Waals surface area contributed by atoms with Crippen LogP contribution in [0.15, 0.2) is 42.5 Å². The molecule has 0 saturated carbocycles. The van der Waals surface area contributed by atoms with Crippen LogP contribution in [0.3, 0.4) is 0 Å². The molecular formula is C15H15ClFNO3S. The van der Waals surface area contributed by atoms with E-state index in [1.807, 2.05) is 6.92 Å². The third-order valence-electron chi connectivity index (χ3n) is 2.78. The zero-order valence-corrected chi connectivity index (χ0v) is 13.4. The number of hydrogen-bond donors (Lipinski definition) is 1. The summed E-state index contributed by atoms with van der Waals surface area (Å²) in [4.78, 5) is 0. The summed E-state index contributed by atoms with van der Waals surface area (Å²) in [6, 6.07) is 9.95. The number of sulfonamides is 1. The van der Waals surface area contributed by atoms with Gasteiger partial charge in [0, 0.05) is 0 Å². The Balaban J connectivity index is 2.11. The van der Waals surface area contributed by atoms with E-state index in [0.29, 0.717) is 28.6 Å². The predicted octanol–water partition coefficient (Wildman–Crippen LogP) is 3.82. The molecule has 4 nitrogen and oxygen atoms in total. The van der Waals surface area contributed by atoms with Gasteiger partial charge in [0.2, 0.25) is 10.0 Å². The Bertz CT molecular complexity index is 748. The van der Waals surface area contributed by atoms with E-state index in [1.165, 1.54) is 30.3 Å². The van der Waals surface area contributed by atoms with E-state index in [-0.39, 0.29) is 5.75 Å². The van der Waals surface area contributed by atoms with Gasteiger partial charge in [0.15, 0.2) is 0 Å². The van der Waals surface area contributed by atoms with Crippen LogP contribution in [0.1, 0.15) is 12.5 Å². The van der Waals surface area contributed by atoms with E-state index < -0.39 is 15.8 Å². The fourth-order valence-corrected chi connectivity index (χ4v) is 3.28. The molecule has 0 amide bonds. The van der Waals surface area contributed by atoms with E-state index in [0.717, 1.165) is 0 Å². The Morgan fingerprint density at radius 3 is 2.45 bits per heavy atom. The number of ether oxygens (including phenoxy) is 1. The number of anilines is 1. The van der Waals surface area contributed by atoms with E-state index in [4.69, 9.17) is 16.3 Å². The van der Waals surface area contributed by atoms with Gasteiger partial charge in [-0.2, -0.15) is 0 Å². The maximum absolute atomic E-state index is 12.8. The van der Waals surface area contributed by atoms with Gasteiger partial charge in [-0.15, -0.1) is 0 Å². The molecule has 118 valence electrons. The smallest absolute Gasteiger partial charge is 0.236 e. The second-order valence-corrected chi connectivity index (χ2v) is 6.70. The molecule has 0 unspecified atom stereocenters. The molecule has 7 heteroatoms. The topological polar surface area (TPSA) is 55.4 Å². The highest BCUT2D eigenvalue weighted by Crippen LogP contribution is 2.28. The molecule has 0 aliphatic heterocycles. The van der Waals surface area contributed by atoms with Crippen molar-refractivity contribution in [3.63, 3.8) is 0 Å². The van der Waals surface area contributed by atoms with Gasteiger partial charge in [-0.05, 0) is 42.8 Å². The summed E-state index contributed by atoms with van der Waals surface area (Å²) >= 11 is 6.01. The second kappa shape index (κ2) is 6.98. The molecular weight excluding hydrogens is 329 g/mol. The fourth-order valence-electron chi connectivity index (χ4n) is 1.85. The summed E-state index contributed by atoms with van der Waals surface area (Å²) in [5.41, 5.74) is 0.835. The number of hydrogen-bond acceptors (Lipinski definition) is 3. The van der Waals surface area contributed by atoms with E-state index in [9.17, 15) is 12.8 Å². The maximum Gasteiger partial charge on any atom is 0.236 e. The van der Waals surface area contributed by atoms with Gasteiger partial charge in [-0.1, -0.05) is 23.7 Å². The number of benzene rings is 2. The van der Waals surface area contributed by atoms with Crippen molar-refractivity contribution in [3.8, 4) is 5.75 Å². The lowest BCUT2D eigenvalue weighted by molar-refractivity contribution is 0.340. The van der Waals surface area contributed by atoms with Gasteiger partial charge in [0.25, 0.3) is 0 Å². The Morgan fingerprint density at radius 1 is 1.18 bits per heavy atom. The molecule has 0 fully saturated rings. The van der Waals surface area contributed by atoms with Gasteiger partial charge in [-0.3, -0.25) is 4.72 Å². The van der Waals surface area contributed by atoms with Crippen LogP contribution in [0, 0.1) is 5.82 Å². The first kappa shape index (κ1) is 16.6. The molecule has 0 bridgehead atoms. The molecule has 22 heavy (non-hydrogen) atoms. The third-order valence-corrected chi connectivity index (χ3v) is 4.33. The van der Waals surface area contributed by atoms with Gasteiger partial charge < -0.3 is 4.74 Å². The fraction of sp³-hybridized carbons (Fsp3) is 0.200. The van der Waals surface area contributed by atoms with Gasteiger partial charge in [0.1, 0.15) is 11.6 Å². The highest BCUT2D eigenvalue weighted by atomic mass is 35.5. The first-order valence-electron chi connectivity index (χ1n) is 6.57. The molecule has 0 saturated heterocycles. The van der Waals surface area contributed by atoms with Crippen molar-refractivity contribution in [2.24, 2.45) is 0 Å². The lowest BCUT2D eigenvalue weighted by Crippen LogP contribution is -2.15. The highest BCUT2D eigenvalue weighted by Gasteiger charge is 2.13. The van der Waals surface area contributed by atoms with E-state index in [1.54, 1.807) is 12.1 Å². The maximum atomic E-state index is 12.8. The number of halogens is 2. The van der Waals surface area contributed by atoms with Crippen molar-refractivity contribution in [2.45, 2.75) is 12.7 Å².